The molecular formula is C27H24FN5O4. The van der Waals surface area contributed by atoms with E-state index >= 15 is 0 Å². The average Bonchev–Trinajstić information content (AvgIpc) is 3.49. The number of aromatic nitrogens is 3. The van der Waals surface area contributed by atoms with E-state index in [4.69, 9.17) is 4.74 Å². The first-order chi connectivity index (χ1) is 17.9. The SMILES string of the molecule is Cc1ccc(F)c(Nc2c(C(=O)N3CCC4(CC3)COc3ccccc34)cnc3c(C(=O)O)cnn23)c1. The second-order valence-electron chi connectivity index (χ2n) is 9.58. The molecule has 1 fully saturated rings. The number of carboxylic acid groups (broad SMARTS) is 1. The number of ether oxygens (including phenoxy) is 1. The highest BCUT2D eigenvalue weighted by atomic mass is 19.1. The van der Waals surface area contributed by atoms with Crippen LogP contribution in [0.2, 0.25) is 0 Å². The Morgan fingerprint density at radius 2 is 1.89 bits per heavy atom. The zero-order valence-electron chi connectivity index (χ0n) is 20.1. The summed E-state index contributed by atoms with van der Waals surface area (Å²) < 4.78 is 21.8. The molecule has 1 spiro atoms. The van der Waals surface area contributed by atoms with E-state index in [1.165, 1.54) is 28.5 Å². The molecule has 0 unspecified atom stereocenters. The first-order valence-corrected chi connectivity index (χ1v) is 12.0. The third kappa shape index (κ3) is 3.76. The number of halogens is 1. The number of likely N-dealkylation sites (tertiary alicyclic amines) is 1. The number of piperidine rings is 1. The molecule has 2 aromatic carbocycles. The minimum absolute atomic E-state index is 0.0527. The number of nitrogens with one attached hydrogen (secondary N) is 1. The summed E-state index contributed by atoms with van der Waals surface area (Å²) in [6.45, 7) is 3.43. The van der Waals surface area contributed by atoms with Gasteiger partial charge < -0.3 is 20.1 Å². The van der Waals surface area contributed by atoms with Gasteiger partial charge in [-0.05, 0) is 43.5 Å². The van der Waals surface area contributed by atoms with Crippen molar-refractivity contribution in [1.29, 1.82) is 0 Å². The third-order valence-corrected chi connectivity index (χ3v) is 7.33. The van der Waals surface area contributed by atoms with Gasteiger partial charge in [0.05, 0.1) is 18.5 Å². The Kier molecular flexibility index (Phi) is 5.32. The average molecular weight is 502 g/mol. The smallest absolute Gasteiger partial charge is 0.341 e. The van der Waals surface area contributed by atoms with E-state index in [-0.39, 0.29) is 39.6 Å². The maximum absolute atomic E-state index is 14.7. The van der Waals surface area contributed by atoms with E-state index in [0.717, 1.165) is 24.2 Å². The van der Waals surface area contributed by atoms with Crippen molar-refractivity contribution >= 4 is 29.0 Å². The summed E-state index contributed by atoms with van der Waals surface area (Å²) in [4.78, 5) is 31.4. The maximum atomic E-state index is 14.7. The first-order valence-electron chi connectivity index (χ1n) is 12.0. The summed E-state index contributed by atoms with van der Waals surface area (Å²) in [7, 11) is 0. The summed E-state index contributed by atoms with van der Waals surface area (Å²) in [5.74, 6) is -0.952. The van der Waals surface area contributed by atoms with E-state index in [2.05, 4.69) is 21.5 Å². The van der Waals surface area contributed by atoms with Crippen LogP contribution in [0.5, 0.6) is 5.75 Å². The van der Waals surface area contributed by atoms with Crippen LogP contribution in [0.4, 0.5) is 15.9 Å². The molecule has 37 heavy (non-hydrogen) atoms. The molecular weight excluding hydrogens is 477 g/mol. The Bertz CT molecular complexity index is 1560. The molecule has 4 heterocycles. The highest BCUT2D eigenvalue weighted by Crippen LogP contribution is 2.45. The lowest BCUT2D eigenvalue weighted by atomic mass is 9.74. The number of para-hydroxylation sites is 1. The number of aryl methyl sites for hydroxylation is 1. The van der Waals surface area contributed by atoms with Crippen molar-refractivity contribution in [2.45, 2.75) is 25.2 Å². The summed E-state index contributed by atoms with van der Waals surface area (Å²) >= 11 is 0. The van der Waals surface area contributed by atoms with Gasteiger partial charge in [-0.2, -0.15) is 9.61 Å². The molecule has 0 radical (unpaired) electrons. The summed E-state index contributed by atoms with van der Waals surface area (Å²) in [5.41, 5.74) is 2.12. The predicted molar refractivity (Wildman–Crippen MR) is 133 cm³/mol. The summed E-state index contributed by atoms with van der Waals surface area (Å²) in [6.07, 6.45) is 3.98. The summed E-state index contributed by atoms with van der Waals surface area (Å²) in [5, 5.41) is 16.7. The van der Waals surface area contributed by atoms with E-state index in [1.54, 1.807) is 17.0 Å². The van der Waals surface area contributed by atoms with E-state index in [0.29, 0.717) is 19.7 Å². The largest absolute Gasteiger partial charge is 0.492 e. The standard InChI is InChI=1S/C27H24FN5O4/c1-16-6-7-20(28)21(12-16)31-24-17(13-29-23-18(26(35)36)14-30-33(23)24)25(34)32-10-8-27(9-11-32)15-37-22-5-3-2-4-19(22)27/h2-7,12-14,31H,8-11,15H2,1H3,(H,35,36). The number of amides is 1. The lowest BCUT2D eigenvalue weighted by molar-refractivity contribution is 0.0645. The molecule has 9 nitrogen and oxygen atoms in total. The molecule has 0 saturated carbocycles. The van der Waals surface area contributed by atoms with Crippen molar-refractivity contribution in [1.82, 2.24) is 19.5 Å². The molecule has 2 aromatic heterocycles. The lowest BCUT2D eigenvalue weighted by Crippen LogP contribution is -2.46. The Morgan fingerprint density at radius 1 is 1.11 bits per heavy atom. The van der Waals surface area contributed by atoms with Crippen LogP contribution < -0.4 is 10.1 Å². The minimum atomic E-state index is -1.20. The van der Waals surface area contributed by atoms with E-state index < -0.39 is 11.8 Å². The molecule has 1 saturated heterocycles. The van der Waals surface area contributed by atoms with E-state index in [9.17, 15) is 19.1 Å². The second-order valence-corrected chi connectivity index (χ2v) is 9.58. The van der Waals surface area contributed by atoms with Crippen LogP contribution in [-0.2, 0) is 5.41 Å². The summed E-state index contributed by atoms with van der Waals surface area (Å²) in [6, 6.07) is 12.6. The quantitative estimate of drug-likeness (QED) is 0.432. The first kappa shape index (κ1) is 23.0. The number of fused-ring (bicyclic) bond motifs is 3. The van der Waals surface area contributed by atoms with Gasteiger partial charge in [-0.1, -0.05) is 24.3 Å². The lowest BCUT2D eigenvalue weighted by Gasteiger charge is -2.38. The maximum Gasteiger partial charge on any atom is 0.341 e. The van der Waals surface area contributed by atoms with Gasteiger partial charge in [0, 0.05) is 30.3 Å². The number of carbonyl (C=O) groups excluding carboxylic acids is 1. The second kappa shape index (κ2) is 8.58. The predicted octanol–water partition coefficient (Wildman–Crippen LogP) is 4.19. The highest BCUT2D eigenvalue weighted by Gasteiger charge is 2.44. The van der Waals surface area contributed by atoms with Crippen LogP contribution in [0.25, 0.3) is 5.65 Å². The zero-order valence-corrected chi connectivity index (χ0v) is 20.1. The molecule has 0 bridgehead atoms. The van der Waals surface area contributed by atoms with Crippen LogP contribution in [0, 0.1) is 12.7 Å². The number of hydrogen-bond donors (Lipinski definition) is 2. The fourth-order valence-electron chi connectivity index (χ4n) is 5.27. The number of aromatic carboxylic acids is 1. The Balaban J connectivity index is 1.35. The number of hydrogen-bond acceptors (Lipinski definition) is 6. The molecule has 6 rings (SSSR count). The number of anilines is 2. The Morgan fingerprint density at radius 3 is 2.68 bits per heavy atom. The molecule has 2 aliphatic heterocycles. The zero-order chi connectivity index (χ0) is 25.7. The van der Waals surface area contributed by atoms with Crippen LogP contribution in [0.3, 0.4) is 0 Å². The molecule has 4 aromatic rings. The molecule has 2 N–H and O–H groups in total. The van der Waals surface area contributed by atoms with Gasteiger partial charge in [0.1, 0.15) is 28.5 Å². The normalized spacial score (nSPS) is 16.0. The van der Waals surface area contributed by atoms with Gasteiger partial charge in [0.15, 0.2) is 5.65 Å². The van der Waals surface area contributed by atoms with Crippen LogP contribution in [-0.4, -0.2) is 56.2 Å². The van der Waals surface area contributed by atoms with Gasteiger partial charge in [-0.25, -0.2) is 14.2 Å². The third-order valence-electron chi connectivity index (χ3n) is 7.33. The van der Waals surface area contributed by atoms with Gasteiger partial charge in [0.2, 0.25) is 0 Å². The number of carboxylic acids is 1. The van der Waals surface area contributed by atoms with Gasteiger partial charge >= 0.3 is 5.97 Å². The monoisotopic (exact) mass is 501 g/mol. The molecule has 2 aliphatic rings. The van der Waals surface area contributed by atoms with E-state index in [1.807, 2.05) is 25.1 Å². The molecule has 0 atom stereocenters. The van der Waals surface area contributed by atoms with Gasteiger partial charge in [-0.3, -0.25) is 4.79 Å². The fraction of sp³-hybridized carbons (Fsp3) is 0.259. The number of nitrogens with zero attached hydrogens (tertiary/aromatic N) is 4. The van der Waals surface area contributed by atoms with Crippen LogP contribution in [0.1, 0.15) is 44.7 Å². The van der Waals surface area contributed by atoms with Crippen molar-refractivity contribution in [2.24, 2.45) is 0 Å². The Labute approximate surface area is 211 Å². The number of carbonyl (C=O) groups is 2. The minimum Gasteiger partial charge on any atom is -0.492 e. The van der Waals surface area contributed by atoms with Gasteiger partial charge in [-0.15, -0.1) is 0 Å². The molecule has 188 valence electrons. The highest BCUT2D eigenvalue weighted by molar-refractivity contribution is 6.01. The fourth-order valence-corrected chi connectivity index (χ4v) is 5.27. The van der Waals surface area contributed by atoms with Crippen molar-refractivity contribution < 1.29 is 23.8 Å². The Hall–Kier alpha value is -4.47. The van der Waals surface area contributed by atoms with Crippen LogP contribution in [0.15, 0.2) is 54.9 Å². The molecule has 10 heteroatoms. The topological polar surface area (TPSA) is 109 Å². The van der Waals surface area contributed by atoms with Gasteiger partial charge in [0.25, 0.3) is 5.91 Å². The molecule has 0 aliphatic carbocycles. The molecule has 1 amide bonds. The van der Waals surface area contributed by atoms with Crippen molar-refractivity contribution in [3.05, 3.63) is 82.9 Å². The van der Waals surface area contributed by atoms with Crippen molar-refractivity contribution in [3.63, 3.8) is 0 Å². The number of rotatable bonds is 4. The van der Waals surface area contributed by atoms with Crippen molar-refractivity contribution in [2.75, 3.05) is 25.0 Å². The van der Waals surface area contributed by atoms with Crippen molar-refractivity contribution in [3.8, 4) is 5.75 Å². The number of benzene rings is 2. The van der Waals surface area contributed by atoms with Crippen LogP contribution >= 0.6 is 0 Å².